The molecule has 0 spiro atoms. The number of benzene rings is 1. The highest BCUT2D eigenvalue weighted by Crippen LogP contribution is 2.39. The predicted octanol–water partition coefficient (Wildman–Crippen LogP) is 2.98. The molecule has 2 aromatic heterocycles. The number of hydrogen-bond acceptors (Lipinski definition) is 5. The summed E-state index contributed by atoms with van der Waals surface area (Å²) in [6.07, 6.45) is 5.62. The minimum atomic E-state index is -2.01. The molecule has 4 rings (SSSR count). The number of aromatic nitrogens is 2. The summed E-state index contributed by atoms with van der Waals surface area (Å²) in [6.45, 7) is 0. The van der Waals surface area contributed by atoms with Crippen molar-refractivity contribution < 1.29 is 13.5 Å². The minimum Gasteiger partial charge on any atom is -0.481 e. The Labute approximate surface area is 164 Å². The molecular formula is C20H18N4O3S. The second-order valence-corrected chi connectivity index (χ2v) is 7.61. The van der Waals surface area contributed by atoms with Gasteiger partial charge in [-0.25, -0.2) is 13.9 Å². The predicted molar refractivity (Wildman–Crippen MR) is 106 cm³/mol. The van der Waals surface area contributed by atoms with Crippen molar-refractivity contribution in [2.45, 2.75) is 24.8 Å². The molecule has 1 atom stereocenters. The molecule has 1 saturated carbocycles. The zero-order valence-corrected chi connectivity index (χ0v) is 16.0. The number of hydrogen-bond donors (Lipinski definition) is 2. The van der Waals surface area contributed by atoms with Gasteiger partial charge in [-0.3, -0.25) is 9.54 Å². The zero-order valence-electron chi connectivity index (χ0n) is 15.2. The molecule has 142 valence electrons. The lowest BCUT2D eigenvalue weighted by Crippen LogP contribution is -2.34. The Bertz CT molecular complexity index is 1100. The molecule has 0 amide bonds. The molecule has 7 nitrogen and oxygen atoms in total. The van der Waals surface area contributed by atoms with Crippen LogP contribution in [0.25, 0.3) is 22.0 Å². The number of methoxy groups -OCH3 is 1. The molecule has 0 aliphatic heterocycles. The molecule has 2 heterocycles. The third-order valence-corrected chi connectivity index (χ3v) is 5.61. The Balaban J connectivity index is 1.72. The maximum Gasteiger partial charge on any atom is 0.232 e. The average molecular weight is 394 g/mol. The zero-order chi connectivity index (χ0) is 19.7. The fourth-order valence-electron chi connectivity index (χ4n) is 3.41. The number of nitrogens with zero attached hydrogens (tertiary/aromatic N) is 3. The van der Waals surface area contributed by atoms with E-state index in [4.69, 9.17) is 9.29 Å². The second-order valence-electron chi connectivity index (χ2n) is 6.91. The molecule has 1 aromatic carbocycles. The number of rotatable bonds is 6. The van der Waals surface area contributed by atoms with Crippen LogP contribution < -0.4 is 9.46 Å². The van der Waals surface area contributed by atoms with Crippen LogP contribution in [0.15, 0.2) is 42.7 Å². The number of pyridine rings is 2. The second kappa shape index (κ2) is 7.28. The SMILES string of the molecule is COc1cc2c(-c3ccc(CC4(NS(=O)O)CC4)cc3)c(C#N)cnc2cn1. The summed E-state index contributed by atoms with van der Waals surface area (Å²) in [7, 11) is 1.55. The maximum atomic E-state index is 11.1. The lowest BCUT2D eigenvalue weighted by Gasteiger charge is -2.15. The fourth-order valence-corrected chi connectivity index (χ4v) is 4.06. The monoisotopic (exact) mass is 394 g/mol. The van der Waals surface area contributed by atoms with Crippen molar-refractivity contribution in [3.05, 3.63) is 53.9 Å². The molecule has 28 heavy (non-hydrogen) atoms. The van der Waals surface area contributed by atoms with Crippen molar-refractivity contribution in [2.75, 3.05) is 7.11 Å². The van der Waals surface area contributed by atoms with Crippen LogP contribution in [0.5, 0.6) is 5.88 Å². The quantitative estimate of drug-likeness (QED) is 0.622. The molecule has 0 radical (unpaired) electrons. The summed E-state index contributed by atoms with van der Waals surface area (Å²) < 4.78 is 28.1. The van der Waals surface area contributed by atoms with Crippen LogP contribution in [0, 0.1) is 11.3 Å². The van der Waals surface area contributed by atoms with E-state index in [1.54, 1.807) is 25.6 Å². The van der Waals surface area contributed by atoms with E-state index in [-0.39, 0.29) is 5.54 Å². The summed E-state index contributed by atoms with van der Waals surface area (Å²) in [5, 5.41) is 10.4. The van der Waals surface area contributed by atoms with Crippen LogP contribution in [0.2, 0.25) is 0 Å². The number of ether oxygens (including phenoxy) is 1. The molecule has 3 aromatic rings. The van der Waals surface area contributed by atoms with E-state index in [1.807, 2.05) is 24.3 Å². The van der Waals surface area contributed by atoms with Crippen molar-refractivity contribution in [2.24, 2.45) is 0 Å². The highest BCUT2D eigenvalue weighted by Gasteiger charge is 2.43. The smallest absolute Gasteiger partial charge is 0.232 e. The molecular weight excluding hydrogens is 376 g/mol. The van der Waals surface area contributed by atoms with Gasteiger partial charge in [0.25, 0.3) is 0 Å². The summed E-state index contributed by atoms with van der Waals surface area (Å²) in [4.78, 5) is 8.49. The van der Waals surface area contributed by atoms with Crippen LogP contribution in [0.3, 0.4) is 0 Å². The van der Waals surface area contributed by atoms with E-state index in [9.17, 15) is 9.47 Å². The molecule has 1 aliphatic rings. The van der Waals surface area contributed by atoms with Crippen molar-refractivity contribution in [1.82, 2.24) is 14.7 Å². The van der Waals surface area contributed by atoms with E-state index in [0.29, 0.717) is 23.4 Å². The van der Waals surface area contributed by atoms with Gasteiger partial charge in [-0.15, -0.1) is 0 Å². The standard InChI is InChI=1S/C20H18N4O3S/c1-27-18-8-16-17(12-23-18)22-11-15(10-21)19(16)14-4-2-13(3-5-14)9-20(6-7-20)24-28(25)26/h2-5,8,11-12,24H,6-7,9H2,1H3,(H,25,26). The number of nitriles is 1. The minimum absolute atomic E-state index is 0.290. The largest absolute Gasteiger partial charge is 0.481 e. The summed E-state index contributed by atoms with van der Waals surface area (Å²) in [6, 6.07) is 11.9. The third-order valence-electron chi connectivity index (χ3n) is 5.00. The van der Waals surface area contributed by atoms with Gasteiger partial charge in [-0.1, -0.05) is 24.3 Å². The average Bonchev–Trinajstić information content (AvgIpc) is 3.45. The van der Waals surface area contributed by atoms with Gasteiger partial charge < -0.3 is 4.74 Å². The van der Waals surface area contributed by atoms with E-state index in [2.05, 4.69) is 20.8 Å². The number of nitrogens with one attached hydrogen (secondary N) is 1. The highest BCUT2D eigenvalue weighted by molar-refractivity contribution is 7.77. The Morgan fingerprint density at radius 3 is 2.64 bits per heavy atom. The van der Waals surface area contributed by atoms with E-state index in [0.717, 1.165) is 34.9 Å². The van der Waals surface area contributed by atoms with Crippen molar-refractivity contribution in [3.63, 3.8) is 0 Å². The summed E-state index contributed by atoms with van der Waals surface area (Å²) in [5.74, 6) is 0.459. The van der Waals surface area contributed by atoms with Gasteiger partial charge in [0.05, 0.1) is 24.4 Å². The molecule has 1 fully saturated rings. The summed E-state index contributed by atoms with van der Waals surface area (Å²) in [5.41, 5.74) is 3.62. The van der Waals surface area contributed by atoms with Crippen LogP contribution in [-0.2, 0) is 17.7 Å². The molecule has 0 saturated heterocycles. The third kappa shape index (κ3) is 3.60. The first kappa shape index (κ1) is 18.5. The van der Waals surface area contributed by atoms with Crippen molar-refractivity contribution in [3.8, 4) is 23.1 Å². The summed E-state index contributed by atoms with van der Waals surface area (Å²) >= 11 is -2.01. The first-order chi connectivity index (χ1) is 13.5. The van der Waals surface area contributed by atoms with Crippen molar-refractivity contribution >= 4 is 22.2 Å². The Hall–Kier alpha value is -2.86. The van der Waals surface area contributed by atoms with Crippen LogP contribution in [0.4, 0.5) is 0 Å². The molecule has 1 unspecified atom stereocenters. The normalized spacial score (nSPS) is 15.8. The molecule has 8 heteroatoms. The van der Waals surface area contributed by atoms with Gasteiger partial charge in [-0.2, -0.15) is 5.26 Å². The van der Waals surface area contributed by atoms with Gasteiger partial charge in [0.2, 0.25) is 17.1 Å². The lowest BCUT2D eigenvalue weighted by atomic mass is 9.95. The molecule has 0 bridgehead atoms. The fraction of sp³-hybridized carbons (Fsp3) is 0.250. The van der Waals surface area contributed by atoms with Gasteiger partial charge in [0.1, 0.15) is 6.07 Å². The van der Waals surface area contributed by atoms with Crippen LogP contribution in [0.1, 0.15) is 24.0 Å². The number of fused-ring (bicyclic) bond motifs is 1. The highest BCUT2D eigenvalue weighted by atomic mass is 32.2. The molecule has 1 aliphatic carbocycles. The van der Waals surface area contributed by atoms with E-state index >= 15 is 0 Å². The Morgan fingerprint density at radius 1 is 1.29 bits per heavy atom. The van der Waals surface area contributed by atoms with Gasteiger partial charge in [0, 0.05) is 28.8 Å². The molecule has 2 N–H and O–H groups in total. The van der Waals surface area contributed by atoms with Gasteiger partial charge >= 0.3 is 0 Å². The van der Waals surface area contributed by atoms with E-state index < -0.39 is 11.3 Å². The van der Waals surface area contributed by atoms with Crippen molar-refractivity contribution in [1.29, 1.82) is 5.26 Å². The maximum absolute atomic E-state index is 11.1. The lowest BCUT2D eigenvalue weighted by molar-refractivity contribution is 0.398. The first-order valence-electron chi connectivity index (χ1n) is 8.74. The Morgan fingerprint density at radius 2 is 2.04 bits per heavy atom. The van der Waals surface area contributed by atoms with Crippen LogP contribution >= 0.6 is 0 Å². The van der Waals surface area contributed by atoms with E-state index in [1.165, 1.54) is 0 Å². The Kier molecular flexibility index (Phi) is 4.81. The van der Waals surface area contributed by atoms with Gasteiger partial charge in [0.15, 0.2) is 0 Å². The topological polar surface area (TPSA) is 108 Å². The first-order valence-corrected chi connectivity index (χ1v) is 9.85. The van der Waals surface area contributed by atoms with Crippen LogP contribution in [-0.4, -0.2) is 31.4 Å². The van der Waals surface area contributed by atoms with Gasteiger partial charge in [-0.05, 0) is 30.4 Å².